The van der Waals surface area contributed by atoms with E-state index in [-0.39, 0.29) is 5.75 Å². The first-order chi connectivity index (χ1) is 9.24. The summed E-state index contributed by atoms with van der Waals surface area (Å²) < 4.78 is 7.04. The molecule has 96 valence electrons. The van der Waals surface area contributed by atoms with E-state index in [1.54, 1.807) is 29.5 Å². The maximum atomic E-state index is 9.40. The van der Waals surface area contributed by atoms with Crippen molar-refractivity contribution in [3.8, 4) is 11.5 Å². The van der Waals surface area contributed by atoms with Crippen LogP contribution >= 0.6 is 11.3 Å². The van der Waals surface area contributed by atoms with Crippen molar-refractivity contribution in [2.75, 3.05) is 0 Å². The zero-order valence-electron chi connectivity index (χ0n) is 10.6. The number of thiophene rings is 1. The van der Waals surface area contributed by atoms with Crippen molar-refractivity contribution in [2.45, 2.75) is 13.5 Å². The molecule has 2 nitrogen and oxygen atoms in total. The molecule has 1 aromatic heterocycles. The van der Waals surface area contributed by atoms with E-state index < -0.39 is 0 Å². The fourth-order valence-electron chi connectivity index (χ4n) is 2.10. The fourth-order valence-corrected chi connectivity index (χ4v) is 3.14. The Morgan fingerprint density at radius 2 is 2.00 bits per heavy atom. The molecule has 0 atom stereocenters. The normalized spacial score (nSPS) is 10.8. The lowest BCUT2D eigenvalue weighted by atomic mass is 10.1. The number of benzene rings is 2. The van der Waals surface area contributed by atoms with Crippen molar-refractivity contribution in [3.05, 3.63) is 59.0 Å². The van der Waals surface area contributed by atoms with Crippen LogP contribution in [0.15, 0.2) is 47.8 Å². The number of ether oxygens (including phenoxy) is 1. The standard InChI is InChI=1S/C16H14O2S/c1-11-4-2-7-15-12(10-19-16(11)15)9-18-14-6-3-5-13(17)8-14/h2-8,10,17H,9H2,1H3. The molecular formula is C16H14O2S. The van der Waals surface area contributed by atoms with Crippen LogP contribution in [0.1, 0.15) is 11.1 Å². The molecule has 0 aliphatic rings. The van der Waals surface area contributed by atoms with Gasteiger partial charge in [0.1, 0.15) is 18.1 Å². The minimum absolute atomic E-state index is 0.225. The molecule has 0 saturated heterocycles. The van der Waals surface area contributed by atoms with Crippen molar-refractivity contribution < 1.29 is 9.84 Å². The van der Waals surface area contributed by atoms with Gasteiger partial charge in [0.15, 0.2) is 0 Å². The average molecular weight is 270 g/mol. The van der Waals surface area contributed by atoms with Crippen LogP contribution < -0.4 is 4.74 Å². The summed E-state index contributed by atoms with van der Waals surface area (Å²) in [4.78, 5) is 0. The molecule has 0 spiro atoms. The van der Waals surface area contributed by atoms with E-state index in [4.69, 9.17) is 4.74 Å². The van der Waals surface area contributed by atoms with Crippen molar-refractivity contribution in [1.82, 2.24) is 0 Å². The van der Waals surface area contributed by atoms with Crippen molar-refractivity contribution in [1.29, 1.82) is 0 Å². The Morgan fingerprint density at radius 1 is 1.16 bits per heavy atom. The van der Waals surface area contributed by atoms with Gasteiger partial charge in [-0.15, -0.1) is 11.3 Å². The third-order valence-corrected chi connectivity index (χ3v) is 4.27. The number of rotatable bonds is 3. The van der Waals surface area contributed by atoms with Crippen LogP contribution in [-0.4, -0.2) is 5.11 Å². The smallest absolute Gasteiger partial charge is 0.123 e. The van der Waals surface area contributed by atoms with E-state index in [9.17, 15) is 5.11 Å². The van der Waals surface area contributed by atoms with Gasteiger partial charge in [0, 0.05) is 16.3 Å². The molecule has 1 heterocycles. The Hall–Kier alpha value is -2.00. The second kappa shape index (κ2) is 4.94. The minimum atomic E-state index is 0.225. The van der Waals surface area contributed by atoms with Crippen LogP contribution in [0.3, 0.4) is 0 Å². The Kier molecular flexibility index (Phi) is 3.13. The van der Waals surface area contributed by atoms with E-state index in [2.05, 4.69) is 30.5 Å². The van der Waals surface area contributed by atoms with Gasteiger partial charge in [0.25, 0.3) is 0 Å². The summed E-state index contributed by atoms with van der Waals surface area (Å²) in [7, 11) is 0. The largest absolute Gasteiger partial charge is 0.508 e. The second-order valence-electron chi connectivity index (χ2n) is 4.50. The molecule has 1 N–H and O–H groups in total. The van der Waals surface area contributed by atoms with Gasteiger partial charge in [0.2, 0.25) is 0 Å². The summed E-state index contributed by atoms with van der Waals surface area (Å²) in [5.41, 5.74) is 2.48. The second-order valence-corrected chi connectivity index (χ2v) is 5.38. The highest BCUT2D eigenvalue weighted by atomic mass is 32.1. The highest BCUT2D eigenvalue weighted by Gasteiger charge is 2.06. The Morgan fingerprint density at radius 3 is 2.84 bits per heavy atom. The Bertz CT molecular complexity index is 716. The number of hydrogen-bond acceptors (Lipinski definition) is 3. The summed E-state index contributed by atoms with van der Waals surface area (Å²) >= 11 is 1.75. The van der Waals surface area contributed by atoms with E-state index in [1.165, 1.54) is 21.2 Å². The highest BCUT2D eigenvalue weighted by molar-refractivity contribution is 7.17. The molecule has 0 bridgehead atoms. The van der Waals surface area contributed by atoms with Crippen LogP contribution in [0.2, 0.25) is 0 Å². The average Bonchev–Trinajstić information content (AvgIpc) is 2.81. The molecule has 3 rings (SSSR count). The molecule has 0 fully saturated rings. The van der Waals surface area contributed by atoms with E-state index >= 15 is 0 Å². The van der Waals surface area contributed by atoms with Crippen LogP contribution in [-0.2, 0) is 6.61 Å². The molecular weight excluding hydrogens is 256 g/mol. The molecule has 0 radical (unpaired) electrons. The van der Waals surface area contributed by atoms with Gasteiger partial charge >= 0.3 is 0 Å². The Labute approximate surface area is 115 Å². The molecule has 19 heavy (non-hydrogen) atoms. The third kappa shape index (κ3) is 2.42. The number of phenols is 1. The zero-order valence-corrected chi connectivity index (χ0v) is 11.4. The topological polar surface area (TPSA) is 29.5 Å². The van der Waals surface area contributed by atoms with Gasteiger partial charge in [-0.3, -0.25) is 0 Å². The lowest BCUT2D eigenvalue weighted by Gasteiger charge is -2.06. The van der Waals surface area contributed by atoms with Gasteiger partial charge in [-0.1, -0.05) is 24.3 Å². The predicted molar refractivity (Wildman–Crippen MR) is 79.0 cm³/mol. The van der Waals surface area contributed by atoms with Crippen LogP contribution in [0.4, 0.5) is 0 Å². The Balaban J connectivity index is 1.84. The summed E-state index contributed by atoms with van der Waals surface area (Å²) in [6.07, 6.45) is 0. The van der Waals surface area contributed by atoms with Gasteiger partial charge in [-0.25, -0.2) is 0 Å². The molecule has 0 aliphatic carbocycles. The maximum Gasteiger partial charge on any atom is 0.123 e. The lowest BCUT2D eigenvalue weighted by Crippen LogP contribution is -1.94. The molecule has 0 amide bonds. The molecule has 0 aliphatic heterocycles. The van der Waals surface area contributed by atoms with Crippen molar-refractivity contribution in [2.24, 2.45) is 0 Å². The predicted octanol–water partition coefficient (Wildman–Crippen LogP) is 4.49. The lowest BCUT2D eigenvalue weighted by molar-refractivity contribution is 0.306. The third-order valence-electron chi connectivity index (χ3n) is 3.09. The molecule has 0 saturated carbocycles. The van der Waals surface area contributed by atoms with Gasteiger partial charge in [0.05, 0.1) is 0 Å². The van der Waals surface area contributed by atoms with E-state index in [0.717, 1.165) is 0 Å². The number of aryl methyl sites for hydroxylation is 1. The van der Waals surface area contributed by atoms with E-state index in [0.29, 0.717) is 12.4 Å². The maximum absolute atomic E-state index is 9.40. The molecule has 3 aromatic rings. The first-order valence-corrected chi connectivity index (χ1v) is 6.99. The summed E-state index contributed by atoms with van der Waals surface area (Å²) in [6.45, 7) is 2.64. The number of aromatic hydroxyl groups is 1. The van der Waals surface area contributed by atoms with Crippen LogP contribution in [0.5, 0.6) is 11.5 Å². The van der Waals surface area contributed by atoms with E-state index in [1.807, 2.05) is 6.07 Å². The first-order valence-electron chi connectivity index (χ1n) is 6.11. The van der Waals surface area contributed by atoms with Gasteiger partial charge in [-0.05, 0) is 35.4 Å². The number of phenolic OH excluding ortho intramolecular Hbond substituents is 1. The van der Waals surface area contributed by atoms with Crippen LogP contribution in [0, 0.1) is 6.92 Å². The van der Waals surface area contributed by atoms with Gasteiger partial charge < -0.3 is 9.84 Å². The fraction of sp³-hybridized carbons (Fsp3) is 0.125. The molecule has 3 heteroatoms. The summed E-state index contributed by atoms with van der Waals surface area (Å²) in [5.74, 6) is 0.913. The highest BCUT2D eigenvalue weighted by Crippen LogP contribution is 2.29. The summed E-state index contributed by atoms with van der Waals surface area (Å²) in [5, 5.41) is 12.8. The van der Waals surface area contributed by atoms with Gasteiger partial charge in [-0.2, -0.15) is 0 Å². The zero-order chi connectivity index (χ0) is 13.2. The van der Waals surface area contributed by atoms with Crippen molar-refractivity contribution >= 4 is 21.4 Å². The first kappa shape index (κ1) is 12.1. The SMILES string of the molecule is Cc1cccc2c(COc3cccc(O)c3)csc12. The van der Waals surface area contributed by atoms with Crippen molar-refractivity contribution in [3.63, 3.8) is 0 Å². The number of fused-ring (bicyclic) bond motifs is 1. The minimum Gasteiger partial charge on any atom is -0.508 e. The quantitative estimate of drug-likeness (QED) is 0.759. The molecule has 0 unspecified atom stereocenters. The monoisotopic (exact) mass is 270 g/mol. The molecule has 2 aromatic carbocycles. The summed E-state index contributed by atoms with van der Waals surface area (Å²) in [6, 6.07) is 13.2. The number of hydrogen-bond donors (Lipinski definition) is 1. The van der Waals surface area contributed by atoms with Crippen LogP contribution in [0.25, 0.3) is 10.1 Å².